The topological polar surface area (TPSA) is 56.2 Å². The summed E-state index contributed by atoms with van der Waals surface area (Å²) in [5, 5.41) is 3.47. The number of methoxy groups -OCH3 is 1. The van der Waals surface area contributed by atoms with Gasteiger partial charge in [-0.3, -0.25) is 4.99 Å². The number of aromatic nitrogens is 1. The molecular formula is C23H34N6O. The van der Waals surface area contributed by atoms with Gasteiger partial charge < -0.3 is 24.8 Å². The Morgan fingerprint density at radius 3 is 2.43 bits per heavy atom. The number of hydrogen-bond donors (Lipinski definition) is 1. The number of hydrogen-bond acceptors (Lipinski definition) is 5. The molecule has 7 nitrogen and oxygen atoms in total. The molecule has 30 heavy (non-hydrogen) atoms. The SMILES string of the molecule is CCNC(=NCC(c1ccc(OC)cc1)N(C)C)N1CCN(c2ccccn2)CC1. The molecule has 1 aliphatic heterocycles. The second kappa shape index (κ2) is 10.8. The van der Waals surface area contributed by atoms with Crippen molar-refractivity contribution in [2.75, 3.05) is 65.4 Å². The van der Waals surface area contributed by atoms with Crippen LogP contribution in [-0.2, 0) is 0 Å². The summed E-state index contributed by atoms with van der Waals surface area (Å²) in [6.07, 6.45) is 1.85. The highest BCUT2D eigenvalue weighted by molar-refractivity contribution is 5.80. The Bertz CT molecular complexity index is 785. The van der Waals surface area contributed by atoms with Crippen LogP contribution < -0.4 is 15.0 Å². The Morgan fingerprint density at radius 2 is 1.87 bits per heavy atom. The lowest BCUT2D eigenvalue weighted by atomic mass is 10.1. The van der Waals surface area contributed by atoms with Crippen LogP contribution in [0.15, 0.2) is 53.7 Å². The van der Waals surface area contributed by atoms with E-state index in [1.54, 1.807) is 7.11 Å². The van der Waals surface area contributed by atoms with Gasteiger partial charge in [0.25, 0.3) is 0 Å². The average Bonchev–Trinajstić information content (AvgIpc) is 2.79. The monoisotopic (exact) mass is 410 g/mol. The van der Waals surface area contributed by atoms with E-state index in [-0.39, 0.29) is 6.04 Å². The summed E-state index contributed by atoms with van der Waals surface area (Å²) in [5.74, 6) is 2.91. The fourth-order valence-electron chi connectivity index (χ4n) is 3.68. The van der Waals surface area contributed by atoms with Gasteiger partial charge in [-0.05, 0) is 50.8 Å². The van der Waals surface area contributed by atoms with Crippen LogP contribution in [0.25, 0.3) is 0 Å². The van der Waals surface area contributed by atoms with Crippen LogP contribution in [0.1, 0.15) is 18.5 Å². The molecule has 3 rings (SSSR count). The molecule has 0 spiro atoms. The molecule has 0 saturated carbocycles. The highest BCUT2D eigenvalue weighted by atomic mass is 16.5. The maximum atomic E-state index is 5.29. The lowest BCUT2D eigenvalue weighted by Gasteiger charge is -2.37. The molecule has 1 aromatic heterocycles. The molecule has 1 fully saturated rings. The summed E-state index contributed by atoms with van der Waals surface area (Å²) < 4.78 is 5.29. The molecule has 7 heteroatoms. The second-order valence-electron chi connectivity index (χ2n) is 7.61. The highest BCUT2D eigenvalue weighted by Gasteiger charge is 2.21. The van der Waals surface area contributed by atoms with Gasteiger partial charge in [0.05, 0.1) is 19.7 Å². The van der Waals surface area contributed by atoms with E-state index in [4.69, 9.17) is 9.73 Å². The van der Waals surface area contributed by atoms with Crippen LogP contribution in [0, 0.1) is 0 Å². The molecule has 1 saturated heterocycles. The van der Waals surface area contributed by atoms with Crippen molar-refractivity contribution in [3.8, 4) is 5.75 Å². The molecule has 0 amide bonds. The molecule has 1 aliphatic rings. The van der Waals surface area contributed by atoms with Gasteiger partial charge in [0.2, 0.25) is 0 Å². The predicted molar refractivity (Wildman–Crippen MR) is 123 cm³/mol. The summed E-state index contributed by atoms with van der Waals surface area (Å²) in [6, 6.07) is 14.6. The summed E-state index contributed by atoms with van der Waals surface area (Å²) >= 11 is 0. The third-order valence-corrected chi connectivity index (χ3v) is 5.43. The average molecular weight is 411 g/mol. The van der Waals surface area contributed by atoms with Gasteiger partial charge in [-0.1, -0.05) is 18.2 Å². The Labute approximate surface area is 180 Å². The van der Waals surface area contributed by atoms with Gasteiger partial charge in [-0.15, -0.1) is 0 Å². The Balaban J connectivity index is 1.66. The minimum atomic E-state index is 0.208. The molecular weight excluding hydrogens is 376 g/mol. The molecule has 2 aromatic rings. The number of likely N-dealkylation sites (N-methyl/N-ethyl adjacent to an activating group) is 1. The first-order valence-corrected chi connectivity index (χ1v) is 10.6. The third-order valence-electron chi connectivity index (χ3n) is 5.43. The summed E-state index contributed by atoms with van der Waals surface area (Å²) in [5.41, 5.74) is 1.24. The summed E-state index contributed by atoms with van der Waals surface area (Å²) in [7, 11) is 5.89. The van der Waals surface area contributed by atoms with Crippen LogP contribution in [-0.4, -0.2) is 81.2 Å². The maximum Gasteiger partial charge on any atom is 0.194 e. The number of nitrogens with one attached hydrogen (secondary N) is 1. The zero-order chi connectivity index (χ0) is 21.3. The number of guanidine groups is 1. The fraction of sp³-hybridized carbons (Fsp3) is 0.478. The van der Waals surface area contributed by atoms with Crippen LogP contribution >= 0.6 is 0 Å². The summed E-state index contributed by atoms with van der Waals surface area (Å²) in [6.45, 7) is 7.41. The second-order valence-corrected chi connectivity index (χ2v) is 7.61. The molecule has 0 radical (unpaired) electrons. The molecule has 162 valence electrons. The number of nitrogens with zero attached hydrogens (tertiary/aromatic N) is 5. The molecule has 1 aromatic carbocycles. The molecule has 1 N–H and O–H groups in total. The number of rotatable bonds is 7. The van der Waals surface area contributed by atoms with Crippen molar-refractivity contribution < 1.29 is 4.74 Å². The number of benzene rings is 1. The molecule has 0 aliphatic carbocycles. The largest absolute Gasteiger partial charge is 0.497 e. The smallest absolute Gasteiger partial charge is 0.194 e. The Kier molecular flexibility index (Phi) is 7.90. The van der Waals surface area contributed by atoms with Crippen LogP contribution in [0.4, 0.5) is 5.82 Å². The quantitative estimate of drug-likeness (QED) is 0.559. The lowest BCUT2D eigenvalue weighted by Crippen LogP contribution is -2.53. The third kappa shape index (κ3) is 5.63. The Hall–Kier alpha value is -2.80. The van der Waals surface area contributed by atoms with Crippen LogP contribution in [0.2, 0.25) is 0 Å². The van der Waals surface area contributed by atoms with E-state index < -0.39 is 0 Å². The standard InChI is InChI=1S/C23H34N6O/c1-5-24-23(29-16-14-28(15-17-29)22-8-6-7-13-25-22)26-18-21(27(2)3)19-9-11-20(30-4)12-10-19/h6-13,21H,5,14-18H2,1-4H3,(H,24,26). The molecule has 2 heterocycles. The van der Waals surface area contributed by atoms with Crippen molar-refractivity contribution >= 4 is 11.8 Å². The zero-order valence-corrected chi connectivity index (χ0v) is 18.6. The van der Waals surface area contributed by atoms with E-state index in [1.807, 2.05) is 30.5 Å². The van der Waals surface area contributed by atoms with Crippen LogP contribution in [0.3, 0.4) is 0 Å². The summed E-state index contributed by atoms with van der Waals surface area (Å²) in [4.78, 5) is 16.4. The molecule has 0 bridgehead atoms. The van der Waals surface area contributed by atoms with Crippen molar-refractivity contribution in [2.45, 2.75) is 13.0 Å². The van der Waals surface area contributed by atoms with E-state index in [9.17, 15) is 0 Å². The first-order chi connectivity index (χ1) is 14.6. The van der Waals surface area contributed by atoms with E-state index in [1.165, 1.54) is 5.56 Å². The number of aliphatic imine (C=N–C) groups is 1. The van der Waals surface area contributed by atoms with E-state index in [0.717, 1.165) is 50.3 Å². The van der Waals surface area contributed by atoms with E-state index in [0.29, 0.717) is 6.54 Å². The van der Waals surface area contributed by atoms with Gasteiger partial charge in [-0.25, -0.2) is 4.98 Å². The minimum Gasteiger partial charge on any atom is -0.497 e. The number of piperazine rings is 1. The molecule has 1 atom stereocenters. The van der Waals surface area contributed by atoms with Crippen molar-refractivity contribution in [3.63, 3.8) is 0 Å². The van der Waals surface area contributed by atoms with E-state index in [2.05, 4.69) is 64.2 Å². The minimum absolute atomic E-state index is 0.208. The van der Waals surface area contributed by atoms with Gasteiger partial charge in [0.1, 0.15) is 11.6 Å². The zero-order valence-electron chi connectivity index (χ0n) is 18.6. The van der Waals surface area contributed by atoms with Crippen molar-refractivity contribution in [2.24, 2.45) is 4.99 Å². The lowest BCUT2D eigenvalue weighted by molar-refractivity contribution is 0.303. The maximum absolute atomic E-state index is 5.29. The fourth-order valence-corrected chi connectivity index (χ4v) is 3.68. The van der Waals surface area contributed by atoms with E-state index >= 15 is 0 Å². The first kappa shape index (κ1) is 21.9. The number of ether oxygens (including phenoxy) is 1. The van der Waals surface area contributed by atoms with Crippen molar-refractivity contribution in [1.29, 1.82) is 0 Å². The van der Waals surface area contributed by atoms with Crippen molar-refractivity contribution in [1.82, 2.24) is 20.1 Å². The number of anilines is 1. The highest BCUT2D eigenvalue weighted by Crippen LogP contribution is 2.22. The predicted octanol–water partition coefficient (Wildman–Crippen LogP) is 2.48. The first-order valence-electron chi connectivity index (χ1n) is 10.6. The van der Waals surface area contributed by atoms with Gasteiger partial charge in [0, 0.05) is 38.9 Å². The van der Waals surface area contributed by atoms with Crippen LogP contribution in [0.5, 0.6) is 5.75 Å². The molecule has 1 unspecified atom stereocenters. The Morgan fingerprint density at radius 1 is 1.13 bits per heavy atom. The van der Waals surface area contributed by atoms with Gasteiger partial charge in [-0.2, -0.15) is 0 Å². The van der Waals surface area contributed by atoms with Gasteiger partial charge >= 0.3 is 0 Å². The van der Waals surface area contributed by atoms with Gasteiger partial charge in [0.15, 0.2) is 5.96 Å². The normalized spacial score (nSPS) is 16.0. The van der Waals surface area contributed by atoms with Crippen molar-refractivity contribution in [3.05, 3.63) is 54.2 Å². The number of pyridine rings is 1.